The van der Waals surface area contributed by atoms with Crippen LogP contribution in [0.5, 0.6) is 0 Å². The summed E-state index contributed by atoms with van der Waals surface area (Å²) in [7, 11) is 0. The molecule has 0 heterocycles. The first-order valence-electron chi connectivity index (χ1n) is 7.11. The molecule has 0 fully saturated rings. The van der Waals surface area contributed by atoms with E-state index < -0.39 is 0 Å². The summed E-state index contributed by atoms with van der Waals surface area (Å²) >= 11 is 0. The minimum absolute atomic E-state index is 0.0407. The highest BCUT2D eigenvalue weighted by atomic mass is 19.1. The molecule has 20 heavy (non-hydrogen) atoms. The lowest BCUT2D eigenvalue weighted by Gasteiger charge is -2.21. The van der Waals surface area contributed by atoms with Crippen molar-refractivity contribution in [3.63, 3.8) is 0 Å². The highest BCUT2D eigenvalue weighted by Gasteiger charge is 2.14. The maximum atomic E-state index is 12.9. The fraction of sp³-hybridized carbons (Fsp3) is 0.562. The predicted molar refractivity (Wildman–Crippen MR) is 79.9 cm³/mol. The van der Waals surface area contributed by atoms with E-state index in [0.29, 0.717) is 13.0 Å². The van der Waals surface area contributed by atoms with Crippen molar-refractivity contribution in [1.82, 2.24) is 10.6 Å². The lowest BCUT2D eigenvalue weighted by molar-refractivity contribution is -0.122. The Hall–Kier alpha value is -1.42. The SMILES string of the molecule is CCC(NCCC(=O)NC(C)(C)C)c1ccc(F)cc1. The summed E-state index contributed by atoms with van der Waals surface area (Å²) in [5, 5.41) is 6.27. The van der Waals surface area contributed by atoms with E-state index in [-0.39, 0.29) is 23.3 Å². The van der Waals surface area contributed by atoms with E-state index in [1.807, 2.05) is 20.8 Å². The highest BCUT2D eigenvalue weighted by Crippen LogP contribution is 2.16. The van der Waals surface area contributed by atoms with E-state index in [1.54, 1.807) is 12.1 Å². The molecule has 0 radical (unpaired) electrons. The minimum atomic E-state index is -0.229. The van der Waals surface area contributed by atoms with Gasteiger partial charge in [0.15, 0.2) is 0 Å². The van der Waals surface area contributed by atoms with E-state index >= 15 is 0 Å². The molecule has 0 aliphatic carbocycles. The Balaban J connectivity index is 2.42. The zero-order valence-corrected chi connectivity index (χ0v) is 12.8. The maximum Gasteiger partial charge on any atom is 0.221 e. The molecule has 4 heteroatoms. The van der Waals surface area contributed by atoms with Gasteiger partial charge in [0.05, 0.1) is 0 Å². The van der Waals surface area contributed by atoms with Crippen molar-refractivity contribution in [1.29, 1.82) is 0 Å². The van der Waals surface area contributed by atoms with Crippen LogP contribution in [0.15, 0.2) is 24.3 Å². The number of hydrogen-bond donors (Lipinski definition) is 2. The number of benzene rings is 1. The van der Waals surface area contributed by atoms with Crippen LogP contribution in [0.1, 0.15) is 52.1 Å². The molecule has 1 amide bonds. The Morgan fingerprint density at radius 2 is 1.85 bits per heavy atom. The lowest BCUT2D eigenvalue weighted by Crippen LogP contribution is -2.41. The average molecular weight is 280 g/mol. The van der Waals surface area contributed by atoms with Gasteiger partial charge in [-0.15, -0.1) is 0 Å². The van der Waals surface area contributed by atoms with Gasteiger partial charge in [0.2, 0.25) is 5.91 Å². The molecule has 0 spiro atoms. The van der Waals surface area contributed by atoms with Crippen LogP contribution in [0.25, 0.3) is 0 Å². The van der Waals surface area contributed by atoms with Crippen LogP contribution in [-0.4, -0.2) is 18.0 Å². The largest absolute Gasteiger partial charge is 0.351 e. The van der Waals surface area contributed by atoms with Crippen molar-refractivity contribution in [2.75, 3.05) is 6.54 Å². The molecule has 1 aromatic carbocycles. The van der Waals surface area contributed by atoms with Crippen LogP contribution in [-0.2, 0) is 4.79 Å². The van der Waals surface area contributed by atoms with Crippen LogP contribution >= 0.6 is 0 Å². The van der Waals surface area contributed by atoms with Crippen molar-refractivity contribution < 1.29 is 9.18 Å². The molecule has 1 atom stereocenters. The molecule has 1 rings (SSSR count). The van der Waals surface area contributed by atoms with Gasteiger partial charge in [0, 0.05) is 24.5 Å². The second-order valence-corrected chi connectivity index (χ2v) is 6.01. The summed E-state index contributed by atoms with van der Waals surface area (Å²) in [5.41, 5.74) is 0.850. The average Bonchev–Trinajstić information content (AvgIpc) is 2.34. The number of nitrogens with one attached hydrogen (secondary N) is 2. The Labute approximate surface area is 121 Å². The summed E-state index contributed by atoms with van der Waals surface area (Å²) in [4.78, 5) is 11.7. The van der Waals surface area contributed by atoms with E-state index in [2.05, 4.69) is 17.6 Å². The van der Waals surface area contributed by atoms with Gasteiger partial charge in [-0.2, -0.15) is 0 Å². The van der Waals surface area contributed by atoms with E-state index in [9.17, 15) is 9.18 Å². The summed E-state index contributed by atoms with van der Waals surface area (Å²) in [6.45, 7) is 8.57. The van der Waals surface area contributed by atoms with E-state index in [4.69, 9.17) is 0 Å². The van der Waals surface area contributed by atoms with Gasteiger partial charge in [-0.05, 0) is 44.9 Å². The zero-order chi connectivity index (χ0) is 15.2. The number of amides is 1. The molecular formula is C16H25FN2O. The van der Waals surface area contributed by atoms with E-state index in [0.717, 1.165) is 12.0 Å². The quantitative estimate of drug-likeness (QED) is 0.840. The first-order chi connectivity index (χ1) is 9.31. The van der Waals surface area contributed by atoms with Gasteiger partial charge in [0.1, 0.15) is 5.82 Å². The second kappa shape index (κ2) is 7.39. The van der Waals surface area contributed by atoms with Gasteiger partial charge in [-0.1, -0.05) is 19.1 Å². The van der Waals surface area contributed by atoms with Gasteiger partial charge in [-0.3, -0.25) is 4.79 Å². The van der Waals surface area contributed by atoms with Gasteiger partial charge in [0.25, 0.3) is 0 Å². The van der Waals surface area contributed by atoms with E-state index in [1.165, 1.54) is 12.1 Å². The molecule has 0 aromatic heterocycles. The maximum absolute atomic E-state index is 12.9. The Morgan fingerprint density at radius 1 is 1.25 bits per heavy atom. The normalized spacial score (nSPS) is 13.1. The first-order valence-corrected chi connectivity index (χ1v) is 7.11. The summed E-state index contributed by atoms with van der Waals surface area (Å²) in [5.74, 6) is -0.188. The lowest BCUT2D eigenvalue weighted by atomic mass is 10.0. The summed E-state index contributed by atoms with van der Waals surface area (Å²) < 4.78 is 12.9. The fourth-order valence-electron chi connectivity index (χ4n) is 2.03. The molecule has 0 aliphatic heterocycles. The number of carbonyl (C=O) groups excluding carboxylic acids is 1. The predicted octanol–water partition coefficient (Wildman–Crippen LogP) is 3.17. The third-order valence-corrected chi connectivity index (χ3v) is 2.94. The minimum Gasteiger partial charge on any atom is -0.351 e. The van der Waals surface area contributed by atoms with Gasteiger partial charge in [-0.25, -0.2) is 4.39 Å². The van der Waals surface area contributed by atoms with Crippen LogP contribution in [0, 0.1) is 5.82 Å². The molecule has 112 valence electrons. The molecular weight excluding hydrogens is 255 g/mol. The number of rotatable bonds is 6. The number of hydrogen-bond acceptors (Lipinski definition) is 2. The summed E-state index contributed by atoms with van der Waals surface area (Å²) in [6, 6.07) is 6.65. The van der Waals surface area contributed by atoms with Crippen molar-refractivity contribution in [2.45, 2.75) is 52.1 Å². The molecule has 1 aromatic rings. The zero-order valence-electron chi connectivity index (χ0n) is 12.8. The smallest absolute Gasteiger partial charge is 0.221 e. The van der Waals surface area contributed by atoms with Gasteiger partial charge < -0.3 is 10.6 Å². The van der Waals surface area contributed by atoms with Crippen LogP contribution in [0.3, 0.4) is 0 Å². The van der Waals surface area contributed by atoms with Crippen molar-refractivity contribution in [2.24, 2.45) is 0 Å². The van der Waals surface area contributed by atoms with Crippen molar-refractivity contribution >= 4 is 5.91 Å². The third kappa shape index (κ3) is 6.15. The van der Waals surface area contributed by atoms with Crippen LogP contribution in [0.2, 0.25) is 0 Å². The molecule has 2 N–H and O–H groups in total. The number of halogens is 1. The first kappa shape index (κ1) is 16.6. The summed E-state index contributed by atoms with van der Waals surface area (Å²) in [6.07, 6.45) is 1.33. The third-order valence-electron chi connectivity index (χ3n) is 2.94. The second-order valence-electron chi connectivity index (χ2n) is 6.01. The fourth-order valence-corrected chi connectivity index (χ4v) is 2.03. The molecule has 0 bridgehead atoms. The topological polar surface area (TPSA) is 41.1 Å². The monoisotopic (exact) mass is 280 g/mol. The molecule has 0 saturated carbocycles. The Kier molecular flexibility index (Phi) is 6.14. The standard InChI is InChI=1S/C16H25FN2O/c1-5-14(12-6-8-13(17)9-7-12)18-11-10-15(20)19-16(2,3)4/h6-9,14,18H,5,10-11H2,1-4H3,(H,19,20). The molecule has 0 saturated heterocycles. The number of carbonyl (C=O) groups is 1. The van der Waals surface area contributed by atoms with Crippen LogP contribution in [0.4, 0.5) is 4.39 Å². The molecule has 1 unspecified atom stereocenters. The van der Waals surface area contributed by atoms with Crippen molar-refractivity contribution in [3.8, 4) is 0 Å². The Bertz CT molecular complexity index is 423. The highest BCUT2D eigenvalue weighted by molar-refractivity contribution is 5.76. The van der Waals surface area contributed by atoms with Crippen molar-refractivity contribution in [3.05, 3.63) is 35.6 Å². The molecule has 3 nitrogen and oxygen atoms in total. The van der Waals surface area contributed by atoms with Crippen LogP contribution < -0.4 is 10.6 Å². The molecule has 0 aliphatic rings. The van der Waals surface area contributed by atoms with Gasteiger partial charge >= 0.3 is 0 Å². The Morgan fingerprint density at radius 3 is 2.35 bits per heavy atom.